The highest BCUT2D eigenvalue weighted by Gasteiger charge is 2.73. The predicted molar refractivity (Wildman–Crippen MR) is 242 cm³/mol. The standard InChI is InChI=1S/C51H76O17/c1-26(61-30(5)52)33-18-21-51(57)34-17-20-50(56)25-32(16-19-48(50,6)35(34)22-38(49(33,51)7)66-46(55)31-14-12-11-13-15-31)65-39-23-36(58-8)43(28(3)62-39)67-40-24-37(59-9)44(29(4)63-40)68-47-42(54)45(60-10)41(53)27(2)64-47/h11-15,17,20,26-29,32-45,47,53-54,56-57H,16,18-19,21-25H2,1-10H3. The average molecular weight is 961 g/mol. The second-order valence-electron chi connectivity index (χ2n) is 21.2. The second kappa shape index (κ2) is 20.1. The Labute approximate surface area is 400 Å². The molecule has 3 saturated carbocycles. The van der Waals surface area contributed by atoms with Crippen LogP contribution in [0.5, 0.6) is 0 Å². The van der Waals surface area contributed by atoms with Gasteiger partial charge in [0.25, 0.3) is 0 Å². The molecular weight excluding hydrogens is 885 g/mol. The Bertz CT molecular complexity index is 1940. The quantitative estimate of drug-likeness (QED) is 0.159. The largest absolute Gasteiger partial charge is 0.463 e. The summed E-state index contributed by atoms with van der Waals surface area (Å²) in [7, 11) is 4.61. The van der Waals surface area contributed by atoms with Gasteiger partial charge < -0.3 is 72.5 Å². The van der Waals surface area contributed by atoms with Crippen LogP contribution in [-0.2, 0) is 56.9 Å². The molecule has 6 fully saturated rings. The summed E-state index contributed by atoms with van der Waals surface area (Å²) in [4.78, 5) is 26.0. The Kier molecular flexibility index (Phi) is 15.3. The van der Waals surface area contributed by atoms with Gasteiger partial charge in [0.1, 0.15) is 42.7 Å². The first kappa shape index (κ1) is 51.7. The molecule has 0 bridgehead atoms. The topological polar surface area (TPSA) is 217 Å². The molecule has 4 aliphatic carbocycles. The Morgan fingerprint density at radius 3 is 2.01 bits per heavy atom. The van der Waals surface area contributed by atoms with E-state index in [1.165, 1.54) is 14.0 Å². The van der Waals surface area contributed by atoms with Crippen LogP contribution in [0.25, 0.3) is 0 Å². The molecule has 3 saturated heterocycles. The summed E-state index contributed by atoms with van der Waals surface area (Å²) in [5.41, 5.74) is -3.91. The number of rotatable bonds is 13. The molecule has 17 heteroatoms. The van der Waals surface area contributed by atoms with Gasteiger partial charge in [-0.25, -0.2) is 4.79 Å². The Morgan fingerprint density at radius 1 is 0.765 bits per heavy atom. The summed E-state index contributed by atoms with van der Waals surface area (Å²) in [6.45, 7) is 12.7. The third-order valence-corrected chi connectivity index (χ3v) is 17.6. The van der Waals surface area contributed by atoms with Gasteiger partial charge in [-0.2, -0.15) is 0 Å². The van der Waals surface area contributed by atoms with Gasteiger partial charge >= 0.3 is 11.9 Å². The Balaban J connectivity index is 0.929. The van der Waals surface area contributed by atoms with Crippen LogP contribution in [0.15, 0.2) is 42.5 Å². The number of hydrogen-bond acceptors (Lipinski definition) is 17. The van der Waals surface area contributed by atoms with Crippen molar-refractivity contribution in [1.82, 2.24) is 0 Å². The third-order valence-electron chi connectivity index (χ3n) is 17.6. The fourth-order valence-corrected chi connectivity index (χ4v) is 13.7. The summed E-state index contributed by atoms with van der Waals surface area (Å²) >= 11 is 0. The number of methoxy groups -OCH3 is 3. The van der Waals surface area contributed by atoms with Crippen molar-refractivity contribution in [2.24, 2.45) is 28.6 Å². The molecule has 4 N–H and O–H groups in total. The monoisotopic (exact) mass is 961 g/mol. The van der Waals surface area contributed by atoms with Gasteiger partial charge in [-0.3, -0.25) is 4.79 Å². The van der Waals surface area contributed by atoms with Gasteiger partial charge in [-0.05, 0) is 77.8 Å². The zero-order valence-electron chi connectivity index (χ0n) is 41.3. The number of carbonyl (C=O) groups is 2. The lowest BCUT2D eigenvalue weighted by molar-refractivity contribution is -0.352. The number of fused-ring (bicyclic) bond motifs is 5. The molecule has 8 rings (SSSR count). The molecule has 0 amide bonds. The highest BCUT2D eigenvalue weighted by Crippen LogP contribution is 2.69. The Hall–Kier alpha value is -2.62. The van der Waals surface area contributed by atoms with E-state index in [9.17, 15) is 30.0 Å². The molecule has 1 aromatic rings. The van der Waals surface area contributed by atoms with E-state index in [1.807, 2.05) is 45.9 Å². The molecule has 1 aromatic carbocycles. The zero-order valence-corrected chi connectivity index (χ0v) is 41.3. The lowest BCUT2D eigenvalue weighted by atomic mass is 9.43. The van der Waals surface area contributed by atoms with Gasteiger partial charge in [0.05, 0.1) is 53.4 Å². The maximum absolute atomic E-state index is 13.8. The van der Waals surface area contributed by atoms with E-state index in [4.69, 9.17) is 52.1 Å². The van der Waals surface area contributed by atoms with Gasteiger partial charge in [-0.1, -0.05) is 44.2 Å². The van der Waals surface area contributed by atoms with Crippen molar-refractivity contribution in [1.29, 1.82) is 0 Å². The number of aliphatic hydroxyl groups excluding tert-OH is 2. The Morgan fingerprint density at radius 2 is 1.40 bits per heavy atom. The second-order valence-corrected chi connectivity index (χ2v) is 21.2. The molecule has 0 spiro atoms. The molecule has 3 aliphatic heterocycles. The van der Waals surface area contributed by atoms with Crippen molar-refractivity contribution in [2.75, 3.05) is 21.3 Å². The minimum Gasteiger partial charge on any atom is -0.463 e. The van der Waals surface area contributed by atoms with Crippen molar-refractivity contribution in [2.45, 2.75) is 209 Å². The number of aliphatic hydroxyl groups is 4. The van der Waals surface area contributed by atoms with Crippen LogP contribution in [0.2, 0.25) is 0 Å². The summed E-state index contributed by atoms with van der Waals surface area (Å²) in [6, 6.07) is 8.82. The van der Waals surface area contributed by atoms with Crippen molar-refractivity contribution in [3.8, 4) is 0 Å². The van der Waals surface area contributed by atoms with E-state index in [0.717, 1.165) is 0 Å². The first-order valence-corrected chi connectivity index (χ1v) is 24.7. The zero-order chi connectivity index (χ0) is 49.1. The maximum atomic E-state index is 13.8. The van der Waals surface area contributed by atoms with Crippen LogP contribution >= 0.6 is 0 Å². The van der Waals surface area contributed by atoms with E-state index in [1.54, 1.807) is 45.4 Å². The number of hydrogen-bond donors (Lipinski definition) is 4. The van der Waals surface area contributed by atoms with E-state index in [2.05, 4.69) is 6.92 Å². The normalized spacial score (nSPS) is 48.4. The highest BCUT2D eigenvalue weighted by molar-refractivity contribution is 5.89. The highest BCUT2D eigenvalue weighted by atomic mass is 16.8. The summed E-state index contributed by atoms with van der Waals surface area (Å²) < 4.78 is 67.7. The van der Waals surface area contributed by atoms with Crippen LogP contribution in [0, 0.1) is 28.6 Å². The lowest BCUT2D eigenvalue weighted by Crippen LogP contribution is -2.70. The average Bonchev–Trinajstić information content (AvgIpc) is 3.59. The lowest BCUT2D eigenvalue weighted by Gasteiger charge is -2.65. The van der Waals surface area contributed by atoms with Crippen LogP contribution in [0.4, 0.5) is 0 Å². The van der Waals surface area contributed by atoms with Crippen LogP contribution in [-0.4, -0.2) is 163 Å². The molecular formula is C51H76O17. The molecule has 23 atom stereocenters. The van der Waals surface area contributed by atoms with Crippen molar-refractivity contribution in [3.05, 3.63) is 48.0 Å². The number of carbonyl (C=O) groups excluding carboxylic acids is 2. The molecule has 7 aliphatic rings. The van der Waals surface area contributed by atoms with Crippen LogP contribution < -0.4 is 0 Å². The smallest absolute Gasteiger partial charge is 0.338 e. The molecule has 17 nitrogen and oxygen atoms in total. The first-order chi connectivity index (χ1) is 32.2. The van der Waals surface area contributed by atoms with Gasteiger partial charge in [0, 0.05) is 70.2 Å². The fourth-order valence-electron chi connectivity index (χ4n) is 13.7. The SMILES string of the molecule is COC1CC(OC2CCC3(C)C4CC(OC(=O)c5ccccc5)C5(C)C(C(C)OC(C)=O)CCC5(O)C4C=CC3(O)C2)OC(C)C1OC1CC(OC)C(OC2OC(C)C(O)C(OC)C2O)C(C)O1. The minimum absolute atomic E-state index is 0.258. The molecule has 0 aromatic heterocycles. The number of esters is 2. The van der Waals surface area contributed by atoms with E-state index < -0.39 is 126 Å². The van der Waals surface area contributed by atoms with Crippen molar-refractivity contribution < 1.29 is 82.1 Å². The minimum atomic E-state index is -1.32. The van der Waals surface area contributed by atoms with Crippen LogP contribution in [0.1, 0.15) is 110 Å². The van der Waals surface area contributed by atoms with Gasteiger partial charge in [0.2, 0.25) is 0 Å². The summed E-state index contributed by atoms with van der Waals surface area (Å²) in [5, 5.41) is 47.3. The first-order valence-electron chi connectivity index (χ1n) is 24.7. The van der Waals surface area contributed by atoms with E-state index >= 15 is 0 Å². The van der Waals surface area contributed by atoms with Crippen LogP contribution in [0.3, 0.4) is 0 Å². The van der Waals surface area contributed by atoms with Crippen molar-refractivity contribution in [3.63, 3.8) is 0 Å². The number of ether oxygens (including phenoxy) is 11. The molecule has 68 heavy (non-hydrogen) atoms. The fraction of sp³-hybridized carbons (Fsp3) is 0.804. The van der Waals surface area contributed by atoms with E-state index in [-0.39, 0.29) is 30.3 Å². The predicted octanol–water partition coefficient (Wildman–Crippen LogP) is 4.38. The molecule has 3 heterocycles. The summed E-state index contributed by atoms with van der Waals surface area (Å²) in [6.07, 6.45) is -3.60. The molecule has 382 valence electrons. The summed E-state index contributed by atoms with van der Waals surface area (Å²) in [5.74, 6) is -1.79. The number of benzene rings is 1. The third kappa shape index (κ3) is 9.13. The van der Waals surface area contributed by atoms with E-state index in [0.29, 0.717) is 50.5 Å². The molecule has 0 radical (unpaired) electrons. The van der Waals surface area contributed by atoms with Crippen molar-refractivity contribution >= 4 is 11.9 Å². The van der Waals surface area contributed by atoms with Gasteiger partial charge in [0.15, 0.2) is 18.9 Å². The molecule has 23 unspecified atom stereocenters. The maximum Gasteiger partial charge on any atom is 0.338 e. The van der Waals surface area contributed by atoms with Gasteiger partial charge in [-0.15, -0.1) is 0 Å².